The first-order valence-electron chi connectivity index (χ1n) is 4.38. The first kappa shape index (κ1) is 10.6. The second kappa shape index (κ2) is 3.32. The maximum absolute atomic E-state index is 6.07. The van der Waals surface area contributed by atoms with Gasteiger partial charge < -0.3 is 5.73 Å². The van der Waals surface area contributed by atoms with Gasteiger partial charge in [-0.15, -0.1) is 0 Å². The van der Waals surface area contributed by atoms with Gasteiger partial charge in [-0.25, -0.2) is 0 Å². The smallest absolute Gasteiger partial charge is 0.0441 e. The third kappa shape index (κ3) is 2.23. The summed E-state index contributed by atoms with van der Waals surface area (Å²) in [6.45, 7) is 8.03. The predicted octanol–water partition coefficient (Wildman–Crippen LogP) is 3.15. The average molecular weight is 198 g/mol. The van der Waals surface area contributed by atoms with Crippen molar-refractivity contribution < 1.29 is 0 Å². The van der Waals surface area contributed by atoms with E-state index >= 15 is 0 Å². The summed E-state index contributed by atoms with van der Waals surface area (Å²) in [6.07, 6.45) is 0. The van der Waals surface area contributed by atoms with Gasteiger partial charge in [-0.2, -0.15) is 0 Å². The Kier molecular flexibility index (Phi) is 2.69. The van der Waals surface area contributed by atoms with Crippen molar-refractivity contribution in [2.24, 2.45) is 5.73 Å². The standard InChI is InChI=1S/C11H16ClN/c1-7-5-9(11(3,4)13)6-10(12)8(7)2/h5-6H,13H2,1-4H3. The molecule has 0 heterocycles. The fourth-order valence-electron chi connectivity index (χ4n) is 1.19. The van der Waals surface area contributed by atoms with Crippen LogP contribution in [0.1, 0.15) is 30.5 Å². The van der Waals surface area contributed by atoms with Crippen LogP contribution >= 0.6 is 11.6 Å². The zero-order valence-corrected chi connectivity index (χ0v) is 9.37. The highest BCUT2D eigenvalue weighted by molar-refractivity contribution is 6.31. The maximum Gasteiger partial charge on any atom is 0.0441 e. The third-order valence-electron chi connectivity index (χ3n) is 2.35. The SMILES string of the molecule is Cc1cc(C(C)(C)N)cc(Cl)c1C. The van der Waals surface area contributed by atoms with Gasteiger partial charge in [-0.3, -0.25) is 0 Å². The Bertz CT molecular complexity index is 300. The van der Waals surface area contributed by atoms with Gasteiger partial charge in [0.2, 0.25) is 0 Å². The van der Waals surface area contributed by atoms with Crippen LogP contribution in [0.15, 0.2) is 12.1 Å². The van der Waals surface area contributed by atoms with Crippen LogP contribution in [0.3, 0.4) is 0 Å². The van der Waals surface area contributed by atoms with Crippen molar-refractivity contribution in [1.29, 1.82) is 0 Å². The summed E-state index contributed by atoms with van der Waals surface area (Å²) in [5.41, 5.74) is 9.08. The highest BCUT2D eigenvalue weighted by Crippen LogP contribution is 2.26. The summed E-state index contributed by atoms with van der Waals surface area (Å²) in [7, 11) is 0. The number of rotatable bonds is 1. The molecule has 0 spiro atoms. The molecule has 1 rings (SSSR count). The van der Waals surface area contributed by atoms with Crippen LogP contribution < -0.4 is 5.73 Å². The molecule has 1 aromatic carbocycles. The maximum atomic E-state index is 6.07. The molecular formula is C11H16ClN. The molecule has 0 atom stereocenters. The van der Waals surface area contributed by atoms with Crippen LogP contribution in [0.5, 0.6) is 0 Å². The molecule has 13 heavy (non-hydrogen) atoms. The van der Waals surface area contributed by atoms with E-state index in [4.69, 9.17) is 17.3 Å². The van der Waals surface area contributed by atoms with Crippen LogP contribution in [0.4, 0.5) is 0 Å². The van der Waals surface area contributed by atoms with Crippen LogP contribution in [-0.4, -0.2) is 0 Å². The molecule has 0 radical (unpaired) electrons. The monoisotopic (exact) mass is 197 g/mol. The van der Waals surface area contributed by atoms with Gasteiger partial charge in [-0.05, 0) is 50.5 Å². The summed E-state index contributed by atoms with van der Waals surface area (Å²) in [6, 6.07) is 4.05. The fraction of sp³-hybridized carbons (Fsp3) is 0.455. The van der Waals surface area contributed by atoms with E-state index in [1.165, 1.54) is 5.56 Å². The van der Waals surface area contributed by atoms with Gasteiger partial charge in [0.05, 0.1) is 0 Å². The van der Waals surface area contributed by atoms with Crippen molar-refractivity contribution in [3.63, 3.8) is 0 Å². The largest absolute Gasteiger partial charge is 0.322 e. The number of hydrogen-bond donors (Lipinski definition) is 1. The Balaban J connectivity index is 3.29. The van der Waals surface area contributed by atoms with E-state index in [0.717, 1.165) is 16.1 Å². The number of nitrogens with two attached hydrogens (primary N) is 1. The molecule has 0 saturated heterocycles. The molecular weight excluding hydrogens is 182 g/mol. The molecule has 2 N–H and O–H groups in total. The summed E-state index contributed by atoms with van der Waals surface area (Å²) in [4.78, 5) is 0. The first-order valence-corrected chi connectivity index (χ1v) is 4.76. The zero-order valence-electron chi connectivity index (χ0n) is 8.61. The number of aryl methyl sites for hydroxylation is 1. The number of hydrogen-bond acceptors (Lipinski definition) is 1. The predicted molar refractivity (Wildman–Crippen MR) is 58.1 cm³/mol. The highest BCUT2D eigenvalue weighted by atomic mass is 35.5. The lowest BCUT2D eigenvalue weighted by atomic mass is 9.93. The van der Waals surface area contributed by atoms with Crippen LogP contribution in [0.2, 0.25) is 5.02 Å². The first-order chi connectivity index (χ1) is 5.82. The molecule has 0 amide bonds. The van der Waals surface area contributed by atoms with E-state index in [9.17, 15) is 0 Å². The normalized spacial score (nSPS) is 11.8. The quantitative estimate of drug-likeness (QED) is 0.736. The van der Waals surface area contributed by atoms with Gasteiger partial charge in [0.1, 0.15) is 0 Å². The molecule has 0 fully saturated rings. The topological polar surface area (TPSA) is 26.0 Å². The number of halogens is 1. The van der Waals surface area contributed by atoms with Crippen LogP contribution in [0, 0.1) is 13.8 Å². The molecule has 1 aromatic rings. The Morgan fingerprint density at radius 1 is 1.23 bits per heavy atom. The number of benzene rings is 1. The molecule has 1 nitrogen and oxygen atoms in total. The lowest BCUT2D eigenvalue weighted by Crippen LogP contribution is -2.28. The van der Waals surface area contributed by atoms with Crippen molar-refractivity contribution in [1.82, 2.24) is 0 Å². The van der Waals surface area contributed by atoms with Gasteiger partial charge in [0, 0.05) is 10.6 Å². The highest BCUT2D eigenvalue weighted by Gasteiger charge is 2.15. The molecule has 0 aromatic heterocycles. The van der Waals surface area contributed by atoms with Crippen molar-refractivity contribution in [2.75, 3.05) is 0 Å². The Morgan fingerprint density at radius 2 is 1.77 bits per heavy atom. The van der Waals surface area contributed by atoms with E-state index in [1.54, 1.807) is 0 Å². The zero-order chi connectivity index (χ0) is 10.2. The van der Waals surface area contributed by atoms with Gasteiger partial charge in [-0.1, -0.05) is 17.7 Å². The van der Waals surface area contributed by atoms with Gasteiger partial charge >= 0.3 is 0 Å². The second-order valence-corrected chi connectivity index (χ2v) is 4.53. The Hall–Kier alpha value is -0.530. The van der Waals surface area contributed by atoms with E-state index in [0.29, 0.717) is 0 Å². The van der Waals surface area contributed by atoms with E-state index in [2.05, 4.69) is 13.0 Å². The molecule has 0 saturated carbocycles. The van der Waals surface area contributed by atoms with E-state index in [-0.39, 0.29) is 5.54 Å². The van der Waals surface area contributed by atoms with Gasteiger partial charge in [0.25, 0.3) is 0 Å². The Labute approximate surface area is 84.9 Å². The Morgan fingerprint density at radius 3 is 2.15 bits per heavy atom. The molecule has 0 aliphatic heterocycles. The third-order valence-corrected chi connectivity index (χ3v) is 2.74. The minimum atomic E-state index is -0.317. The van der Waals surface area contributed by atoms with Crippen molar-refractivity contribution in [3.8, 4) is 0 Å². The average Bonchev–Trinajstić information content (AvgIpc) is 1.97. The molecule has 0 bridgehead atoms. The van der Waals surface area contributed by atoms with E-state index in [1.807, 2.05) is 26.8 Å². The molecule has 2 heteroatoms. The fourth-order valence-corrected chi connectivity index (χ4v) is 1.45. The second-order valence-electron chi connectivity index (χ2n) is 4.12. The summed E-state index contributed by atoms with van der Waals surface area (Å²) in [5, 5.41) is 0.800. The minimum absolute atomic E-state index is 0.317. The summed E-state index contributed by atoms with van der Waals surface area (Å²) >= 11 is 6.07. The molecule has 0 aliphatic carbocycles. The van der Waals surface area contributed by atoms with Crippen molar-refractivity contribution in [3.05, 3.63) is 33.8 Å². The molecule has 0 unspecified atom stereocenters. The summed E-state index contributed by atoms with van der Waals surface area (Å²) in [5.74, 6) is 0. The molecule has 0 aliphatic rings. The minimum Gasteiger partial charge on any atom is -0.322 e. The lowest BCUT2D eigenvalue weighted by Gasteiger charge is -2.21. The van der Waals surface area contributed by atoms with Crippen molar-refractivity contribution in [2.45, 2.75) is 33.2 Å². The lowest BCUT2D eigenvalue weighted by molar-refractivity contribution is 0.554. The van der Waals surface area contributed by atoms with Crippen LogP contribution in [-0.2, 0) is 5.54 Å². The van der Waals surface area contributed by atoms with Crippen LogP contribution in [0.25, 0.3) is 0 Å². The van der Waals surface area contributed by atoms with E-state index < -0.39 is 0 Å². The van der Waals surface area contributed by atoms with Gasteiger partial charge in [0.15, 0.2) is 0 Å². The summed E-state index contributed by atoms with van der Waals surface area (Å²) < 4.78 is 0. The molecule has 72 valence electrons. The van der Waals surface area contributed by atoms with Crippen molar-refractivity contribution >= 4 is 11.6 Å².